The van der Waals surface area contributed by atoms with Gasteiger partial charge in [-0.05, 0) is 35.9 Å². The van der Waals surface area contributed by atoms with E-state index in [0.29, 0.717) is 23.5 Å². The maximum atomic E-state index is 12.5. The number of amides is 1. The van der Waals surface area contributed by atoms with Crippen molar-refractivity contribution >= 4 is 28.2 Å². The summed E-state index contributed by atoms with van der Waals surface area (Å²) < 4.78 is 1.93. The van der Waals surface area contributed by atoms with E-state index >= 15 is 0 Å². The molecular formula is C21H18N4O. The van der Waals surface area contributed by atoms with Crippen LogP contribution in [0.25, 0.3) is 10.9 Å². The number of hydrogen-bond acceptors (Lipinski definition) is 3. The lowest BCUT2D eigenvalue weighted by molar-refractivity contribution is 0.102. The quantitative estimate of drug-likeness (QED) is 0.552. The van der Waals surface area contributed by atoms with Crippen LogP contribution in [0.15, 0.2) is 79.0 Å². The van der Waals surface area contributed by atoms with Crippen molar-refractivity contribution < 1.29 is 4.79 Å². The lowest BCUT2D eigenvalue weighted by Gasteiger charge is -2.08. The average molecular weight is 342 g/mol. The van der Waals surface area contributed by atoms with Crippen LogP contribution in [0, 0.1) is 0 Å². The van der Waals surface area contributed by atoms with Gasteiger partial charge in [-0.3, -0.25) is 9.48 Å². The number of nitrogens with two attached hydrogens (primary N) is 1. The van der Waals surface area contributed by atoms with Crippen LogP contribution >= 0.6 is 0 Å². The van der Waals surface area contributed by atoms with Crippen LogP contribution in [-0.2, 0) is 6.54 Å². The molecule has 0 aliphatic heterocycles. The number of nitrogens with one attached hydrogen (secondary N) is 1. The van der Waals surface area contributed by atoms with Gasteiger partial charge >= 0.3 is 0 Å². The Morgan fingerprint density at radius 3 is 2.58 bits per heavy atom. The smallest absolute Gasteiger partial charge is 0.255 e. The largest absolute Gasteiger partial charge is 0.397 e. The number of para-hydroxylation sites is 2. The third-order valence-corrected chi connectivity index (χ3v) is 4.29. The maximum Gasteiger partial charge on any atom is 0.255 e. The lowest BCUT2D eigenvalue weighted by atomic mass is 10.1. The van der Waals surface area contributed by atoms with Crippen LogP contribution < -0.4 is 11.1 Å². The van der Waals surface area contributed by atoms with Crippen molar-refractivity contribution in [2.75, 3.05) is 11.1 Å². The summed E-state index contributed by atoms with van der Waals surface area (Å²) in [5, 5.41) is 8.23. The number of rotatable bonds is 4. The topological polar surface area (TPSA) is 72.9 Å². The van der Waals surface area contributed by atoms with Gasteiger partial charge in [-0.15, -0.1) is 0 Å². The summed E-state index contributed by atoms with van der Waals surface area (Å²) in [5.41, 5.74) is 9.77. The molecule has 0 aliphatic carbocycles. The van der Waals surface area contributed by atoms with Gasteiger partial charge in [0, 0.05) is 10.9 Å². The second kappa shape index (κ2) is 6.72. The monoisotopic (exact) mass is 342 g/mol. The van der Waals surface area contributed by atoms with Crippen LogP contribution in [-0.4, -0.2) is 15.7 Å². The molecule has 0 unspecified atom stereocenters. The Bertz CT molecular complexity index is 1070. The second-order valence-corrected chi connectivity index (χ2v) is 6.10. The van der Waals surface area contributed by atoms with Gasteiger partial charge in [0.25, 0.3) is 5.91 Å². The molecule has 0 spiro atoms. The second-order valence-electron chi connectivity index (χ2n) is 6.10. The zero-order valence-electron chi connectivity index (χ0n) is 14.1. The Hall–Kier alpha value is -3.60. The predicted molar refractivity (Wildman–Crippen MR) is 104 cm³/mol. The SMILES string of the molecule is Nc1ccccc1NC(=O)c1ccc2c(cnn2Cc2ccccc2)c1. The molecule has 0 radical (unpaired) electrons. The minimum Gasteiger partial charge on any atom is -0.397 e. The Morgan fingerprint density at radius 1 is 1.00 bits per heavy atom. The van der Waals surface area contributed by atoms with E-state index in [4.69, 9.17) is 5.73 Å². The highest BCUT2D eigenvalue weighted by Gasteiger charge is 2.11. The Morgan fingerprint density at radius 2 is 1.77 bits per heavy atom. The molecule has 0 saturated heterocycles. The molecule has 5 heteroatoms. The molecule has 0 saturated carbocycles. The number of nitrogen functional groups attached to an aromatic ring is 1. The van der Waals surface area contributed by atoms with Crippen molar-refractivity contribution in [2.45, 2.75) is 6.54 Å². The minimum atomic E-state index is -0.194. The summed E-state index contributed by atoms with van der Waals surface area (Å²) in [4.78, 5) is 12.5. The van der Waals surface area contributed by atoms with Gasteiger partial charge in [-0.2, -0.15) is 5.10 Å². The molecule has 26 heavy (non-hydrogen) atoms. The van der Waals surface area contributed by atoms with Crippen molar-refractivity contribution in [3.8, 4) is 0 Å². The highest BCUT2D eigenvalue weighted by Crippen LogP contribution is 2.20. The standard InChI is InChI=1S/C21H18N4O/c22-18-8-4-5-9-19(18)24-21(26)16-10-11-20-17(12-16)13-23-25(20)14-15-6-2-1-3-7-15/h1-13H,14,22H2,(H,24,26). The molecule has 0 fully saturated rings. The fourth-order valence-electron chi connectivity index (χ4n) is 2.92. The third-order valence-electron chi connectivity index (χ3n) is 4.29. The normalized spacial score (nSPS) is 10.8. The number of carbonyl (C=O) groups is 1. The zero-order chi connectivity index (χ0) is 17.9. The molecule has 0 atom stereocenters. The molecule has 5 nitrogen and oxygen atoms in total. The van der Waals surface area contributed by atoms with E-state index in [9.17, 15) is 4.79 Å². The lowest BCUT2D eigenvalue weighted by Crippen LogP contribution is -2.13. The highest BCUT2D eigenvalue weighted by molar-refractivity contribution is 6.07. The highest BCUT2D eigenvalue weighted by atomic mass is 16.1. The molecule has 4 rings (SSSR count). The van der Waals surface area contributed by atoms with E-state index in [0.717, 1.165) is 10.9 Å². The van der Waals surface area contributed by atoms with Crippen molar-refractivity contribution in [2.24, 2.45) is 0 Å². The van der Waals surface area contributed by atoms with Crippen molar-refractivity contribution in [1.29, 1.82) is 0 Å². The molecule has 0 bridgehead atoms. The first-order valence-corrected chi connectivity index (χ1v) is 8.36. The number of benzene rings is 3. The van der Waals surface area contributed by atoms with E-state index in [1.54, 1.807) is 24.4 Å². The average Bonchev–Trinajstić information content (AvgIpc) is 3.06. The van der Waals surface area contributed by atoms with E-state index in [-0.39, 0.29) is 5.91 Å². The third kappa shape index (κ3) is 3.15. The van der Waals surface area contributed by atoms with Gasteiger partial charge < -0.3 is 11.1 Å². The van der Waals surface area contributed by atoms with Crippen LogP contribution in [0.2, 0.25) is 0 Å². The van der Waals surface area contributed by atoms with E-state index < -0.39 is 0 Å². The Kier molecular flexibility index (Phi) is 4.11. The van der Waals surface area contributed by atoms with Crippen LogP contribution in [0.1, 0.15) is 15.9 Å². The van der Waals surface area contributed by atoms with Crippen molar-refractivity contribution in [1.82, 2.24) is 9.78 Å². The van der Waals surface area contributed by atoms with E-state index in [1.807, 2.05) is 47.1 Å². The molecule has 1 heterocycles. The number of nitrogens with zero attached hydrogens (tertiary/aromatic N) is 2. The maximum absolute atomic E-state index is 12.5. The molecule has 3 N–H and O–H groups in total. The van der Waals surface area contributed by atoms with Crippen LogP contribution in [0.5, 0.6) is 0 Å². The Labute approximate surface area is 151 Å². The van der Waals surface area contributed by atoms with Gasteiger partial charge in [0.05, 0.1) is 29.6 Å². The fraction of sp³-hybridized carbons (Fsp3) is 0.0476. The first-order valence-electron chi connectivity index (χ1n) is 8.36. The number of carbonyl (C=O) groups excluding carboxylic acids is 1. The van der Waals surface area contributed by atoms with Crippen molar-refractivity contribution in [3.05, 3.63) is 90.1 Å². The van der Waals surface area contributed by atoms with E-state index in [2.05, 4.69) is 22.5 Å². The van der Waals surface area contributed by atoms with Crippen molar-refractivity contribution in [3.63, 3.8) is 0 Å². The number of anilines is 2. The van der Waals surface area contributed by atoms with Gasteiger partial charge in [0.1, 0.15) is 0 Å². The number of aromatic nitrogens is 2. The molecule has 0 aliphatic rings. The summed E-state index contributed by atoms with van der Waals surface area (Å²) in [6, 6.07) is 22.9. The molecule has 3 aromatic carbocycles. The summed E-state index contributed by atoms with van der Waals surface area (Å²) in [6.45, 7) is 0.691. The molecular weight excluding hydrogens is 324 g/mol. The van der Waals surface area contributed by atoms with Gasteiger partial charge in [0.15, 0.2) is 0 Å². The Balaban J connectivity index is 1.58. The van der Waals surface area contributed by atoms with Gasteiger partial charge in [-0.1, -0.05) is 42.5 Å². The molecule has 128 valence electrons. The first kappa shape index (κ1) is 15.9. The first-order chi connectivity index (χ1) is 12.7. The van der Waals surface area contributed by atoms with Crippen LogP contribution in [0.4, 0.5) is 11.4 Å². The number of fused-ring (bicyclic) bond motifs is 1. The predicted octanol–water partition coefficient (Wildman–Crippen LogP) is 3.92. The van der Waals surface area contributed by atoms with Gasteiger partial charge in [-0.25, -0.2) is 0 Å². The summed E-state index contributed by atoms with van der Waals surface area (Å²) >= 11 is 0. The molecule has 1 aromatic heterocycles. The van der Waals surface area contributed by atoms with E-state index in [1.165, 1.54) is 5.56 Å². The number of hydrogen-bond donors (Lipinski definition) is 2. The fourth-order valence-corrected chi connectivity index (χ4v) is 2.92. The molecule has 4 aromatic rings. The zero-order valence-corrected chi connectivity index (χ0v) is 14.1. The summed E-state index contributed by atoms with van der Waals surface area (Å²) in [6.07, 6.45) is 1.78. The minimum absolute atomic E-state index is 0.194. The molecule has 1 amide bonds. The van der Waals surface area contributed by atoms with Gasteiger partial charge in [0.2, 0.25) is 0 Å². The summed E-state index contributed by atoms with van der Waals surface area (Å²) in [5.74, 6) is -0.194. The van der Waals surface area contributed by atoms with Crippen LogP contribution in [0.3, 0.4) is 0 Å². The summed E-state index contributed by atoms with van der Waals surface area (Å²) in [7, 11) is 0.